The first-order valence-electron chi connectivity index (χ1n) is 7.24. The first-order chi connectivity index (χ1) is 10.3. The highest BCUT2D eigenvalue weighted by Crippen LogP contribution is 2.37. The van der Waals surface area contributed by atoms with Gasteiger partial charge in [0.05, 0.1) is 11.6 Å². The van der Waals surface area contributed by atoms with E-state index in [2.05, 4.69) is 54.9 Å². The number of rotatable bonds is 3. The van der Waals surface area contributed by atoms with Crippen molar-refractivity contribution in [2.45, 2.75) is 39.7 Å². The second-order valence-corrected chi connectivity index (χ2v) is 7.32. The number of benzene rings is 2. The van der Waals surface area contributed by atoms with Crippen LogP contribution in [-0.2, 0) is 12.0 Å². The summed E-state index contributed by atoms with van der Waals surface area (Å²) in [5, 5.41) is 9.18. The molecule has 2 rings (SSSR count). The molecule has 0 unspecified atom stereocenters. The van der Waals surface area contributed by atoms with Gasteiger partial charge in [-0.2, -0.15) is 5.26 Å². The van der Waals surface area contributed by atoms with Crippen molar-refractivity contribution >= 4 is 15.9 Å². The first-order valence-corrected chi connectivity index (χ1v) is 8.03. The van der Waals surface area contributed by atoms with Gasteiger partial charge in [-0.05, 0) is 36.1 Å². The fourth-order valence-corrected chi connectivity index (χ4v) is 2.96. The molecule has 0 bridgehead atoms. The molecule has 0 N–H and O–H groups in total. The highest BCUT2D eigenvalue weighted by molar-refractivity contribution is 9.10. The van der Waals surface area contributed by atoms with Crippen molar-refractivity contribution in [1.82, 2.24) is 0 Å². The second-order valence-electron chi connectivity index (χ2n) is 6.41. The van der Waals surface area contributed by atoms with Crippen LogP contribution in [0, 0.1) is 18.3 Å². The molecule has 0 aliphatic carbocycles. The number of ether oxygens (including phenoxy) is 1. The van der Waals surface area contributed by atoms with Crippen LogP contribution in [0.15, 0.2) is 40.9 Å². The Kier molecular flexibility index (Phi) is 4.93. The van der Waals surface area contributed by atoms with Gasteiger partial charge in [-0.1, -0.05) is 54.9 Å². The molecule has 0 aliphatic rings. The molecule has 0 amide bonds. The predicted molar refractivity (Wildman–Crippen MR) is 93.1 cm³/mol. The van der Waals surface area contributed by atoms with E-state index in [1.165, 1.54) is 0 Å². The van der Waals surface area contributed by atoms with E-state index in [0.29, 0.717) is 12.2 Å². The van der Waals surface area contributed by atoms with E-state index >= 15 is 0 Å². The zero-order valence-electron chi connectivity index (χ0n) is 13.4. The number of nitrogens with zero attached hydrogens (tertiary/aromatic N) is 1. The zero-order chi connectivity index (χ0) is 16.3. The van der Waals surface area contributed by atoms with Crippen LogP contribution in [0.1, 0.15) is 43.0 Å². The summed E-state index contributed by atoms with van der Waals surface area (Å²) in [7, 11) is 0. The third-order valence-electron chi connectivity index (χ3n) is 3.56. The van der Waals surface area contributed by atoms with E-state index in [9.17, 15) is 5.26 Å². The van der Waals surface area contributed by atoms with Gasteiger partial charge in [0.25, 0.3) is 0 Å². The zero-order valence-corrected chi connectivity index (χ0v) is 15.0. The summed E-state index contributed by atoms with van der Waals surface area (Å²) >= 11 is 3.56. The van der Waals surface area contributed by atoms with Crippen molar-refractivity contribution < 1.29 is 4.74 Å². The molecule has 0 spiro atoms. The lowest BCUT2D eigenvalue weighted by molar-refractivity contribution is 0.295. The Morgan fingerprint density at radius 2 is 1.86 bits per heavy atom. The Morgan fingerprint density at radius 1 is 1.18 bits per heavy atom. The monoisotopic (exact) mass is 357 g/mol. The number of hydrogen-bond acceptors (Lipinski definition) is 2. The van der Waals surface area contributed by atoms with Gasteiger partial charge >= 0.3 is 0 Å². The molecule has 3 heteroatoms. The van der Waals surface area contributed by atoms with Crippen LogP contribution in [0.25, 0.3) is 0 Å². The van der Waals surface area contributed by atoms with Crippen LogP contribution in [-0.4, -0.2) is 0 Å². The molecule has 0 aliphatic heterocycles. The Bertz CT molecular complexity index is 723. The Morgan fingerprint density at radius 3 is 2.50 bits per heavy atom. The molecule has 2 aromatic carbocycles. The van der Waals surface area contributed by atoms with Crippen molar-refractivity contribution in [3.8, 4) is 11.8 Å². The minimum absolute atomic E-state index is 0.0153. The molecule has 22 heavy (non-hydrogen) atoms. The van der Waals surface area contributed by atoms with Crippen molar-refractivity contribution in [3.63, 3.8) is 0 Å². The Hall–Kier alpha value is -1.79. The van der Waals surface area contributed by atoms with Gasteiger partial charge in [-0.25, -0.2) is 0 Å². The van der Waals surface area contributed by atoms with Crippen molar-refractivity contribution in [3.05, 3.63) is 63.1 Å². The third-order valence-corrected chi connectivity index (χ3v) is 4.02. The molecule has 0 saturated carbocycles. The smallest absolute Gasteiger partial charge is 0.126 e. The van der Waals surface area contributed by atoms with Crippen LogP contribution in [0.5, 0.6) is 5.75 Å². The van der Waals surface area contributed by atoms with Gasteiger partial charge in [0.2, 0.25) is 0 Å². The maximum Gasteiger partial charge on any atom is 0.126 e. The summed E-state index contributed by atoms with van der Waals surface area (Å²) in [6.07, 6.45) is 0. The maximum atomic E-state index is 9.18. The number of hydrogen-bond donors (Lipinski definition) is 0. The lowest BCUT2D eigenvalue weighted by Gasteiger charge is -2.25. The van der Waals surface area contributed by atoms with Crippen LogP contribution < -0.4 is 4.74 Å². The molecule has 0 heterocycles. The van der Waals surface area contributed by atoms with Gasteiger partial charge in [-0.3, -0.25) is 0 Å². The highest BCUT2D eigenvalue weighted by atomic mass is 79.9. The van der Waals surface area contributed by atoms with Gasteiger partial charge in [0.15, 0.2) is 0 Å². The minimum atomic E-state index is -0.0153. The summed E-state index contributed by atoms with van der Waals surface area (Å²) in [6, 6.07) is 13.9. The summed E-state index contributed by atoms with van der Waals surface area (Å²) in [6.45, 7) is 8.96. The predicted octanol–water partition coefficient (Wildman–Crippen LogP) is 5.51. The van der Waals surface area contributed by atoms with Crippen molar-refractivity contribution in [2.24, 2.45) is 0 Å². The summed E-state index contributed by atoms with van der Waals surface area (Å²) in [5.41, 5.74) is 3.81. The lowest BCUT2D eigenvalue weighted by Crippen LogP contribution is -2.14. The Labute approximate surface area is 140 Å². The quantitative estimate of drug-likeness (QED) is 0.725. The Balaban J connectivity index is 2.36. The first kappa shape index (κ1) is 16.6. The van der Waals surface area contributed by atoms with E-state index in [4.69, 9.17) is 4.74 Å². The molecule has 0 fully saturated rings. The lowest BCUT2D eigenvalue weighted by atomic mass is 9.85. The molecule has 0 atom stereocenters. The molecular formula is C19H20BrNO. The minimum Gasteiger partial charge on any atom is -0.488 e. The van der Waals surface area contributed by atoms with Crippen LogP contribution >= 0.6 is 15.9 Å². The number of halogens is 1. The third kappa shape index (κ3) is 3.69. The van der Waals surface area contributed by atoms with Gasteiger partial charge in [-0.15, -0.1) is 0 Å². The second kappa shape index (κ2) is 6.54. The molecule has 2 nitrogen and oxygen atoms in total. The molecular weight excluding hydrogens is 338 g/mol. The number of nitriles is 1. The summed E-state index contributed by atoms with van der Waals surface area (Å²) in [4.78, 5) is 0. The SMILES string of the molecule is Cc1cc(Br)cc(C(C)(C)C)c1OCc1ccccc1C#N. The molecule has 0 saturated heterocycles. The van der Waals surface area contributed by atoms with Crippen molar-refractivity contribution in [2.75, 3.05) is 0 Å². The molecule has 0 radical (unpaired) electrons. The van der Waals surface area contributed by atoms with Crippen molar-refractivity contribution in [1.29, 1.82) is 5.26 Å². The number of aryl methyl sites for hydroxylation is 1. The average molecular weight is 358 g/mol. The van der Waals surface area contributed by atoms with E-state index in [1.807, 2.05) is 31.2 Å². The highest BCUT2D eigenvalue weighted by Gasteiger charge is 2.21. The van der Waals surface area contributed by atoms with E-state index in [0.717, 1.165) is 26.9 Å². The molecule has 2 aromatic rings. The van der Waals surface area contributed by atoms with Crippen LogP contribution in [0.2, 0.25) is 0 Å². The standard InChI is InChI=1S/C19H20BrNO/c1-13-9-16(20)10-17(19(2,3)4)18(13)22-12-15-8-6-5-7-14(15)11-21/h5-10H,12H2,1-4H3. The fraction of sp³-hybridized carbons (Fsp3) is 0.316. The average Bonchev–Trinajstić information content (AvgIpc) is 2.45. The van der Waals surface area contributed by atoms with Crippen LogP contribution in [0.3, 0.4) is 0 Å². The fourth-order valence-electron chi connectivity index (χ4n) is 2.38. The summed E-state index contributed by atoms with van der Waals surface area (Å²) in [5.74, 6) is 0.906. The maximum absolute atomic E-state index is 9.18. The van der Waals surface area contributed by atoms with Gasteiger partial charge in [0, 0.05) is 15.6 Å². The topological polar surface area (TPSA) is 33.0 Å². The largest absolute Gasteiger partial charge is 0.488 e. The normalized spacial score (nSPS) is 11.1. The van der Waals surface area contributed by atoms with E-state index in [1.54, 1.807) is 0 Å². The summed E-state index contributed by atoms with van der Waals surface area (Å²) < 4.78 is 7.16. The van der Waals surface area contributed by atoms with Gasteiger partial charge < -0.3 is 4.74 Å². The van der Waals surface area contributed by atoms with E-state index < -0.39 is 0 Å². The van der Waals surface area contributed by atoms with E-state index in [-0.39, 0.29) is 5.41 Å². The van der Waals surface area contributed by atoms with Crippen LogP contribution in [0.4, 0.5) is 0 Å². The molecule has 0 aromatic heterocycles. The van der Waals surface area contributed by atoms with Gasteiger partial charge in [0.1, 0.15) is 12.4 Å². The molecule has 114 valence electrons.